The minimum atomic E-state index is -0.968. The van der Waals surface area contributed by atoms with E-state index in [0.717, 1.165) is 22.2 Å². The Morgan fingerprint density at radius 3 is 2.65 bits per heavy atom. The monoisotopic (exact) mass is 371 g/mol. The third kappa shape index (κ3) is 3.57. The number of furan rings is 1. The second kappa shape index (κ2) is 7.61. The molecular formula is C19H17NO5S. The minimum Gasteiger partial charge on any atom is -0.464 e. The zero-order valence-corrected chi connectivity index (χ0v) is 15.1. The summed E-state index contributed by atoms with van der Waals surface area (Å²) in [6.07, 6.45) is 1.51. The Balaban J connectivity index is 1.80. The van der Waals surface area contributed by atoms with Crippen LogP contribution in [0.15, 0.2) is 51.8 Å². The largest absolute Gasteiger partial charge is 0.464 e. The van der Waals surface area contributed by atoms with Gasteiger partial charge < -0.3 is 9.15 Å². The number of esters is 1. The third-order valence-electron chi connectivity index (χ3n) is 3.80. The molecule has 2 amide bonds. The van der Waals surface area contributed by atoms with Gasteiger partial charge in [0.2, 0.25) is 0 Å². The van der Waals surface area contributed by atoms with Crippen molar-refractivity contribution in [1.29, 1.82) is 0 Å². The van der Waals surface area contributed by atoms with Gasteiger partial charge in [0.15, 0.2) is 0 Å². The van der Waals surface area contributed by atoms with Gasteiger partial charge in [-0.1, -0.05) is 30.3 Å². The number of carbonyl (C=O) groups excluding carboxylic acids is 3. The van der Waals surface area contributed by atoms with Crippen LogP contribution in [0.4, 0.5) is 4.79 Å². The molecule has 0 N–H and O–H groups in total. The van der Waals surface area contributed by atoms with Crippen molar-refractivity contribution in [3.63, 3.8) is 0 Å². The SMILES string of the molecule is CCOC(=O)C(C)N1C(=O)SC(=Cc2ccc(-c3ccccc3)o2)C1=O. The quantitative estimate of drug-likeness (QED) is 0.585. The second-order valence-electron chi connectivity index (χ2n) is 5.55. The first-order valence-electron chi connectivity index (χ1n) is 8.10. The molecule has 1 aromatic heterocycles. The standard InChI is InChI=1S/C19H17NO5S/c1-3-24-18(22)12(2)20-17(21)16(26-19(20)23)11-14-9-10-15(25-14)13-7-5-4-6-8-13/h4-12H,3H2,1-2H3. The molecule has 2 heterocycles. The van der Waals surface area contributed by atoms with Gasteiger partial charge in [-0.3, -0.25) is 14.5 Å². The van der Waals surface area contributed by atoms with Gasteiger partial charge in [-0.15, -0.1) is 0 Å². The molecule has 1 aromatic carbocycles. The Morgan fingerprint density at radius 1 is 1.23 bits per heavy atom. The summed E-state index contributed by atoms with van der Waals surface area (Å²) in [4.78, 5) is 37.6. The number of hydrogen-bond donors (Lipinski definition) is 0. The van der Waals surface area contributed by atoms with Gasteiger partial charge in [0.1, 0.15) is 17.6 Å². The van der Waals surface area contributed by atoms with Gasteiger partial charge >= 0.3 is 5.97 Å². The number of nitrogens with zero attached hydrogens (tertiary/aromatic N) is 1. The normalized spacial score (nSPS) is 17.0. The molecule has 7 heteroatoms. The number of carbonyl (C=O) groups is 3. The first-order valence-corrected chi connectivity index (χ1v) is 8.92. The molecule has 3 rings (SSSR count). The number of thioether (sulfide) groups is 1. The van der Waals surface area contributed by atoms with E-state index in [9.17, 15) is 14.4 Å². The topological polar surface area (TPSA) is 76.8 Å². The van der Waals surface area contributed by atoms with Crippen molar-refractivity contribution < 1.29 is 23.5 Å². The van der Waals surface area contributed by atoms with Crippen LogP contribution in [-0.2, 0) is 14.3 Å². The Hall–Kier alpha value is -2.80. The van der Waals surface area contributed by atoms with Gasteiger partial charge in [-0.25, -0.2) is 4.79 Å². The average Bonchev–Trinajstić information content (AvgIpc) is 3.20. The van der Waals surface area contributed by atoms with Gasteiger partial charge in [-0.05, 0) is 37.7 Å². The fraction of sp³-hybridized carbons (Fsp3) is 0.211. The van der Waals surface area contributed by atoms with E-state index in [-0.39, 0.29) is 11.5 Å². The molecule has 6 nitrogen and oxygen atoms in total. The fourth-order valence-electron chi connectivity index (χ4n) is 2.50. The summed E-state index contributed by atoms with van der Waals surface area (Å²) >= 11 is 0.776. The highest BCUT2D eigenvalue weighted by Crippen LogP contribution is 2.34. The Kier molecular flexibility index (Phi) is 5.27. The van der Waals surface area contributed by atoms with Crippen LogP contribution in [0.1, 0.15) is 19.6 Å². The molecule has 134 valence electrons. The molecule has 1 fully saturated rings. The highest BCUT2D eigenvalue weighted by molar-refractivity contribution is 8.18. The molecule has 1 atom stereocenters. The molecule has 1 saturated heterocycles. The lowest BCUT2D eigenvalue weighted by Crippen LogP contribution is -2.42. The van der Waals surface area contributed by atoms with Gasteiger partial charge in [0, 0.05) is 11.6 Å². The molecule has 0 aliphatic carbocycles. The van der Waals surface area contributed by atoms with E-state index in [1.165, 1.54) is 13.0 Å². The number of hydrogen-bond acceptors (Lipinski definition) is 6. The summed E-state index contributed by atoms with van der Waals surface area (Å²) in [6.45, 7) is 3.32. The first-order chi connectivity index (χ1) is 12.5. The van der Waals surface area contributed by atoms with E-state index in [1.807, 2.05) is 30.3 Å². The van der Waals surface area contributed by atoms with E-state index in [2.05, 4.69) is 0 Å². The van der Waals surface area contributed by atoms with E-state index in [1.54, 1.807) is 19.1 Å². The molecule has 1 aliphatic rings. The third-order valence-corrected chi connectivity index (χ3v) is 4.68. The molecule has 26 heavy (non-hydrogen) atoms. The molecule has 2 aromatic rings. The fourth-order valence-corrected chi connectivity index (χ4v) is 3.39. The Bertz CT molecular complexity index is 871. The maximum atomic E-state index is 12.5. The van der Waals surface area contributed by atoms with Crippen molar-refractivity contribution in [1.82, 2.24) is 4.90 Å². The first kappa shape index (κ1) is 18.0. The van der Waals surface area contributed by atoms with Crippen LogP contribution < -0.4 is 0 Å². The smallest absolute Gasteiger partial charge is 0.329 e. The summed E-state index contributed by atoms with van der Waals surface area (Å²) in [5.74, 6) is -0.0206. The second-order valence-corrected chi connectivity index (χ2v) is 6.54. The van der Waals surface area contributed by atoms with E-state index in [4.69, 9.17) is 9.15 Å². The highest BCUT2D eigenvalue weighted by Gasteiger charge is 2.41. The van der Waals surface area contributed by atoms with E-state index in [0.29, 0.717) is 11.5 Å². The molecule has 1 aliphatic heterocycles. The predicted octanol–water partition coefficient (Wildman–Crippen LogP) is 3.93. The van der Waals surface area contributed by atoms with Crippen LogP contribution in [0.5, 0.6) is 0 Å². The molecule has 0 saturated carbocycles. The lowest BCUT2D eigenvalue weighted by Gasteiger charge is -2.19. The molecule has 0 bridgehead atoms. The van der Waals surface area contributed by atoms with Crippen molar-refractivity contribution in [2.24, 2.45) is 0 Å². The number of rotatable bonds is 5. The van der Waals surface area contributed by atoms with E-state index < -0.39 is 23.2 Å². The van der Waals surface area contributed by atoms with Crippen LogP contribution in [0.3, 0.4) is 0 Å². The minimum absolute atomic E-state index is 0.184. The molecule has 0 spiro atoms. The zero-order valence-electron chi connectivity index (χ0n) is 14.3. The van der Waals surface area contributed by atoms with Crippen LogP contribution in [0.2, 0.25) is 0 Å². The Morgan fingerprint density at radius 2 is 1.96 bits per heavy atom. The summed E-state index contributed by atoms with van der Waals surface area (Å²) < 4.78 is 10.6. The molecule has 0 radical (unpaired) electrons. The average molecular weight is 371 g/mol. The lowest BCUT2D eigenvalue weighted by atomic mass is 10.2. The van der Waals surface area contributed by atoms with Gasteiger partial charge in [0.25, 0.3) is 11.1 Å². The van der Waals surface area contributed by atoms with Gasteiger partial charge in [0.05, 0.1) is 11.5 Å². The molecular weight excluding hydrogens is 354 g/mol. The lowest BCUT2D eigenvalue weighted by molar-refractivity contribution is -0.150. The van der Waals surface area contributed by atoms with Crippen LogP contribution in [0, 0.1) is 0 Å². The summed E-state index contributed by atoms with van der Waals surface area (Å²) in [5, 5.41) is -0.503. The van der Waals surface area contributed by atoms with E-state index >= 15 is 0 Å². The van der Waals surface area contributed by atoms with Crippen molar-refractivity contribution in [2.45, 2.75) is 19.9 Å². The van der Waals surface area contributed by atoms with Crippen molar-refractivity contribution in [3.8, 4) is 11.3 Å². The van der Waals surface area contributed by atoms with Crippen molar-refractivity contribution in [3.05, 3.63) is 53.1 Å². The number of imide groups is 1. The van der Waals surface area contributed by atoms with Crippen LogP contribution in [-0.4, -0.2) is 34.7 Å². The number of ether oxygens (including phenoxy) is 1. The summed E-state index contributed by atoms with van der Waals surface area (Å²) in [5.41, 5.74) is 0.913. The van der Waals surface area contributed by atoms with Crippen LogP contribution >= 0.6 is 11.8 Å². The number of amides is 2. The number of benzene rings is 1. The van der Waals surface area contributed by atoms with Crippen molar-refractivity contribution >= 4 is 35.0 Å². The summed E-state index contributed by atoms with van der Waals surface area (Å²) in [6, 6.07) is 12.1. The maximum absolute atomic E-state index is 12.5. The summed E-state index contributed by atoms with van der Waals surface area (Å²) in [7, 11) is 0. The van der Waals surface area contributed by atoms with Crippen LogP contribution in [0.25, 0.3) is 17.4 Å². The maximum Gasteiger partial charge on any atom is 0.329 e. The van der Waals surface area contributed by atoms with Gasteiger partial charge in [-0.2, -0.15) is 0 Å². The zero-order chi connectivity index (χ0) is 18.7. The highest BCUT2D eigenvalue weighted by atomic mass is 32.2. The molecule has 1 unspecified atom stereocenters. The van der Waals surface area contributed by atoms with Crippen molar-refractivity contribution in [2.75, 3.05) is 6.61 Å². The predicted molar refractivity (Wildman–Crippen MR) is 98.0 cm³/mol. The Labute approximate surface area is 154 Å².